The second-order valence-electron chi connectivity index (χ2n) is 4.67. The Balaban J connectivity index is 0.00000180. The van der Waals surface area contributed by atoms with Crippen LogP contribution in [-0.2, 0) is 13.6 Å². The number of hydrogen-bond acceptors (Lipinski definition) is 3. The van der Waals surface area contributed by atoms with Crippen molar-refractivity contribution in [3.05, 3.63) is 29.7 Å². The fourth-order valence-corrected chi connectivity index (χ4v) is 2.01. The Hall–Kier alpha value is -1.49. The molecule has 2 rings (SSSR count). The Morgan fingerprint density at radius 1 is 1.42 bits per heavy atom. The Kier molecular flexibility index (Phi) is 5.42. The third-order valence-corrected chi connectivity index (χ3v) is 3.21. The van der Waals surface area contributed by atoms with E-state index in [1.807, 2.05) is 30.9 Å². The minimum absolute atomic E-state index is 0. The topological polar surface area (TPSA) is 47.7 Å². The van der Waals surface area contributed by atoms with Gasteiger partial charge >= 0.3 is 0 Å². The van der Waals surface area contributed by atoms with Gasteiger partial charge in [0, 0.05) is 25.4 Å². The van der Waals surface area contributed by atoms with Crippen molar-refractivity contribution in [2.75, 3.05) is 5.32 Å². The lowest BCUT2D eigenvalue weighted by Crippen LogP contribution is -2.13. The van der Waals surface area contributed by atoms with Crippen molar-refractivity contribution in [1.29, 1.82) is 0 Å². The van der Waals surface area contributed by atoms with Crippen molar-refractivity contribution in [2.45, 2.75) is 39.8 Å². The fourth-order valence-electron chi connectivity index (χ4n) is 2.01. The highest BCUT2D eigenvalue weighted by molar-refractivity contribution is 5.85. The largest absolute Gasteiger partial charge is 0.365 e. The van der Waals surface area contributed by atoms with E-state index in [9.17, 15) is 0 Å². The summed E-state index contributed by atoms with van der Waals surface area (Å²) < 4.78 is 3.94. The zero-order valence-electron chi connectivity index (χ0n) is 11.9. The van der Waals surface area contributed by atoms with Gasteiger partial charge in [0.15, 0.2) is 0 Å². The first kappa shape index (κ1) is 15.6. The molecule has 0 bridgehead atoms. The fraction of sp³-hybridized carbons (Fsp3) is 0.538. The SMILES string of the molecule is CCC(C)n1nccc1CNc1cc(C)nn1C.Cl. The lowest BCUT2D eigenvalue weighted by Gasteiger charge is -2.14. The number of halogens is 1. The van der Waals surface area contributed by atoms with Gasteiger partial charge in [-0.2, -0.15) is 10.2 Å². The van der Waals surface area contributed by atoms with E-state index in [0.717, 1.165) is 24.5 Å². The van der Waals surface area contributed by atoms with Crippen molar-refractivity contribution in [3.63, 3.8) is 0 Å². The van der Waals surface area contributed by atoms with Crippen LogP contribution in [0.1, 0.15) is 37.7 Å². The molecule has 5 nitrogen and oxygen atoms in total. The Morgan fingerprint density at radius 3 is 2.74 bits per heavy atom. The second-order valence-corrected chi connectivity index (χ2v) is 4.67. The minimum atomic E-state index is 0. The van der Waals surface area contributed by atoms with Crippen molar-refractivity contribution in [2.24, 2.45) is 7.05 Å². The lowest BCUT2D eigenvalue weighted by molar-refractivity contribution is 0.462. The molecule has 2 heterocycles. The molecule has 0 fully saturated rings. The summed E-state index contributed by atoms with van der Waals surface area (Å²) in [6.07, 6.45) is 2.94. The summed E-state index contributed by atoms with van der Waals surface area (Å²) in [5.74, 6) is 1.03. The van der Waals surface area contributed by atoms with Gasteiger partial charge in [0.1, 0.15) is 5.82 Å². The van der Waals surface area contributed by atoms with Crippen LogP contribution in [0, 0.1) is 6.92 Å². The third-order valence-electron chi connectivity index (χ3n) is 3.21. The zero-order valence-corrected chi connectivity index (χ0v) is 12.7. The van der Waals surface area contributed by atoms with Crippen LogP contribution in [0.2, 0.25) is 0 Å². The van der Waals surface area contributed by atoms with Crippen LogP contribution in [0.4, 0.5) is 5.82 Å². The molecule has 0 saturated heterocycles. The predicted octanol–water partition coefficient (Wildman–Crippen LogP) is 2.93. The van der Waals surface area contributed by atoms with Crippen LogP contribution in [-0.4, -0.2) is 19.6 Å². The molecule has 0 spiro atoms. The van der Waals surface area contributed by atoms with E-state index in [1.54, 1.807) is 0 Å². The number of nitrogens with one attached hydrogen (secondary N) is 1. The molecule has 1 unspecified atom stereocenters. The maximum atomic E-state index is 4.38. The smallest absolute Gasteiger partial charge is 0.124 e. The van der Waals surface area contributed by atoms with Crippen molar-refractivity contribution in [1.82, 2.24) is 19.6 Å². The van der Waals surface area contributed by atoms with E-state index in [2.05, 4.69) is 40.1 Å². The normalized spacial score (nSPS) is 12.0. The molecule has 1 atom stereocenters. The van der Waals surface area contributed by atoms with Crippen LogP contribution < -0.4 is 5.32 Å². The van der Waals surface area contributed by atoms with Crippen LogP contribution in [0.15, 0.2) is 18.3 Å². The van der Waals surface area contributed by atoms with E-state index < -0.39 is 0 Å². The Labute approximate surface area is 120 Å². The number of anilines is 1. The van der Waals surface area contributed by atoms with Gasteiger partial charge in [-0.15, -0.1) is 12.4 Å². The zero-order chi connectivity index (χ0) is 13.1. The Bertz CT molecular complexity index is 517. The maximum Gasteiger partial charge on any atom is 0.124 e. The molecule has 0 aliphatic rings. The summed E-state index contributed by atoms with van der Waals surface area (Å²) >= 11 is 0. The molecule has 106 valence electrons. The van der Waals surface area contributed by atoms with Crippen molar-refractivity contribution in [3.8, 4) is 0 Å². The molecule has 2 aromatic rings. The molecule has 1 N–H and O–H groups in total. The van der Waals surface area contributed by atoms with E-state index in [1.165, 1.54) is 5.69 Å². The van der Waals surface area contributed by atoms with Gasteiger partial charge in [-0.25, -0.2) is 0 Å². The maximum absolute atomic E-state index is 4.38. The van der Waals surface area contributed by atoms with Crippen LogP contribution >= 0.6 is 12.4 Å². The van der Waals surface area contributed by atoms with Gasteiger partial charge in [-0.3, -0.25) is 9.36 Å². The molecule has 0 radical (unpaired) electrons. The van der Waals surface area contributed by atoms with Gasteiger partial charge in [0.05, 0.1) is 17.9 Å². The van der Waals surface area contributed by atoms with Crippen LogP contribution in [0.25, 0.3) is 0 Å². The van der Waals surface area contributed by atoms with Gasteiger partial charge in [0.2, 0.25) is 0 Å². The number of rotatable bonds is 5. The number of nitrogens with zero attached hydrogens (tertiary/aromatic N) is 4. The summed E-state index contributed by atoms with van der Waals surface area (Å²) in [6, 6.07) is 4.54. The van der Waals surface area contributed by atoms with Gasteiger partial charge in [0.25, 0.3) is 0 Å². The quantitative estimate of drug-likeness (QED) is 0.918. The monoisotopic (exact) mass is 283 g/mol. The molecule has 19 heavy (non-hydrogen) atoms. The molecule has 0 amide bonds. The van der Waals surface area contributed by atoms with Crippen molar-refractivity contribution >= 4 is 18.2 Å². The molecular weight excluding hydrogens is 262 g/mol. The molecule has 0 aromatic carbocycles. The average Bonchev–Trinajstić information content (AvgIpc) is 2.92. The lowest BCUT2D eigenvalue weighted by atomic mass is 10.2. The number of aryl methyl sites for hydroxylation is 2. The van der Waals surface area contributed by atoms with Crippen LogP contribution in [0.5, 0.6) is 0 Å². The summed E-state index contributed by atoms with van der Waals surface area (Å²) in [6.45, 7) is 7.12. The van der Waals surface area contributed by atoms with E-state index in [0.29, 0.717) is 6.04 Å². The molecule has 0 aliphatic carbocycles. The number of aromatic nitrogens is 4. The van der Waals surface area contributed by atoms with Gasteiger partial charge in [-0.05, 0) is 26.3 Å². The summed E-state index contributed by atoms with van der Waals surface area (Å²) in [5, 5.41) is 12.1. The standard InChI is InChI=1S/C13H21N5.ClH/c1-5-11(3)18-12(6-7-15-18)9-14-13-8-10(2)16-17(13)4;/h6-8,11,14H,5,9H2,1-4H3;1H. The molecular formula is C13H22ClN5. The highest BCUT2D eigenvalue weighted by Crippen LogP contribution is 2.14. The summed E-state index contributed by atoms with van der Waals surface area (Å²) in [5.41, 5.74) is 2.22. The molecule has 0 saturated carbocycles. The highest BCUT2D eigenvalue weighted by Gasteiger charge is 2.09. The third kappa shape index (κ3) is 3.50. The predicted molar refractivity (Wildman–Crippen MR) is 79.7 cm³/mol. The molecule has 0 aliphatic heterocycles. The first-order valence-corrected chi connectivity index (χ1v) is 6.38. The summed E-state index contributed by atoms with van der Waals surface area (Å²) in [7, 11) is 1.95. The average molecular weight is 284 g/mol. The van der Waals surface area contributed by atoms with E-state index in [-0.39, 0.29) is 12.4 Å². The summed E-state index contributed by atoms with van der Waals surface area (Å²) in [4.78, 5) is 0. The van der Waals surface area contributed by atoms with Gasteiger partial charge in [-0.1, -0.05) is 6.92 Å². The first-order chi connectivity index (χ1) is 8.61. The van der Waals surface area contributed by atoms with E-state index >= 15 is 0 Å². The van der Waals surface area contributed by atoms with E-state index in [4.69, 9.17) is 0 Å². The second kappa shape index (κ2) is 6.61. The molecule has 6 heteroatoms. The van der Waals surface area contributed by atoms with Crippen LogP contribution in [0.3, 0.4) is 0 Å². The first-order valence-electron chi connectivity index (χ1n) is 6.38. The number of hydrogen-bond donors (Lipinski definition) is 1. The minimum Gasteiger partial charge on any atom is -0.365 e. The molecule has 2 aromatic heterocycles. The highest BCUT2D eigenvalue weighted by atomic mass is 35.5. The van der Waals surface area contributed by atoms with Crippen molar-refractivity contribution < 1.29 is 0 Å². The van der Waals surface area contributed by atoms with Gasteiger partial charge < -0.3 is 5.32 Å². The Morgan fingerprint density at radius 2 is 2.16 bits per heavy atom.